The van der Waals surface area contributed by atoms with Crippen LogP contribution in [-0.4, -0.2) is 35.7 Å². The second-order valence-electron chi connectivity index (χ2n) is 5.59. The fourth-order valence-corrected chi connectivity index (χ4v) is 2.41. The van der Waals surface area contributed by atoms with Crippen molar-refractivity contribution in [3.63, 3.8) is 0 Å². The molecule has 1 unspecified atom stereocenters. The molecular formula is C14H29NO2S. The lowest BCUT2D eigenvalue weighted by atomic mass is 10.1. The molecule has 0 aliphatic rings. The Bertz CT molecular complexity index is 226. The molecule has 18 heavy (non-hydrogen) atoms. The molecule has 3 nitrogen and oxygen atoms in total. The van der Waals surface area contributed by atoms with Gasteiger partial charge in [-0.2, -0.15) is 11.8 Å². The van der Waals surface area contributed by atoms with Crippen LogP contribution in [0.5, 0.6) is 0 Å². The number of thioether (sulfide) groups is 1. The number of carbonyl (C=O) groups excluding carboxylic acids is 1. The van der Waals surface area contributed by atoms with E-state index in [9.17, 15) is 4.79 Å². The molecule has 108 valence electrons. The monoisotopic (exact) mass is 275 g/mol. The Kier molecular flexibility index (Phi) is 9.56. The van der Waals surface area contributed by atoms with Gasteiger partial charge in [-0.3, -0.25) is 4.79 Å². The summed E-state index contributed by atoms with van der Waals surface area (Å²) in [6.45, 7) is 11.1. The lowest BCUT2D eigenvalue weighted by Crippen LogP contribution is -2.25. The van der Waals surface area contributed by atoms with E-state index in [4.69, 9.17) is 4.74 Å². The van der Waals surface area contributed by atoms with Crippen molar-refractivity contribution in [1.29, 1.82) is 0 Å². The number of esters is 1. The van der Waals surface area contributed by atoms with Crippen molar-refractivity contribution in [2.75, 3.05) is 18.1 Å². The van der Waals surface area contributed by atoms with E-state index in [1.165, 1.54) is 19.3 Å². The molecule has 0 aromatic carbocycles. The van der Waals surface area contributed by atoms with Gasteiger partial charge in [0.1, 0.15) is 5.60 Å². The molecule has 0 saturated heterocycles. The summed E-state index contributed by atoms with van der Waals surface area (Å²) in [7, 11) is 0. The summed E-state index contributed by atoms with van der Waals surface area (Å²) >= 11 is 1.67. The largest absolute Gasteiger partial charge is 0.459 e. The average molecular weight is 275 g/mol. The zero-order valence-electron chi connectivity index (χ0n) is 12.5. The minimum atomic E-state index is -0.362. The zero-order chi connectivity index (χ0) is 14.0. The predicted molar refractivity (Wildman–Crippen MR) is 80.2 cm³/mol. The highest BCUT2D eigenvalue weighted by Crippen LogP contribution is 2.12. The fraction of sp³-hybridized carbons (Fsp3) is 0.929. The number of ether oxygens (including phenoxy) is 1. The van der Waals surface area contributed by atoms with E-state index in [0.29, 0.717) is 11.8 Å². The molecule has 0 radical (unpaired) electrons. The van der Waals surface area contributed by atoms with Crippen LogP contribution in [-0.2, 0) is 9.53 Å². The number of carbonyl (C=O) groups is 1. The summed E-state index contributed by atoms with van der Waals surface area (Å²) in [6, 6.07) is 0.603. The Morgan fingerprint density at radius 2 is 2.00 bits per heavy atom. The van der Waals surface area contributed by atoms with Crippen molar-refractivity contribution in [3.05, 3.63) is 0 Å². The number of hydrogen-bond acceptors (Lipinski definition) is 4. The van der Waals surface area contributed by atoms with Crippen LogP contribution in [0.3, 0.4) is 0 Å². The van der Waals surface area contributed by atoms with E-state index in [2.05, 4.69) is 19.2 Å². The molecule has 0 aliphatic carbocycles. The first-order chi connectivity index (χ1) is 8.35. The highest BCUT2D eigenvalue weighted by atomic mass is 32.2. The van der Waals surface area contributed by atoms with E-state index in [0.717, 1.165) is 12.3 Å². The van der Waals surface area contributed by atoms with E-state index in [1.807, 2.05) is 20.8 Å². The van der Waals surface area contributed by atoms with Gasteiger partial charge in [0.25, 0.3) is 0 Å². The number of unbranched alkanes of at least 4 members (excludes halogenated alkanes) is 1. The van der Waals surface area contributed by atoms with Gasteiger partial charge in [0.05, 0.1) is 5.75 Å². The summed E-state index contributed by atoms with van der Waals surface area (Å²) in [5.41, 5.74) is -0.362. The topological polar surface area (TPSA) is 38.3 Å². The Morgan fingerprint density at radius 3 is 2.56 bits per heavy atom. The first kappa shape index (κ1) is 17.8. The lowest BCUT2D eigenvalue weighted by Gasteiger charge is -2.19. The van der Waals surface area contributed by atoms with Crippen LogP contribution in [0.4, 0.5) is 0 Å². The molecule has 0 aliphatic heterocycles. The normalized spacial score (nSPS) is 13.4. The summed E-state index contributed by atoms with van der Waals surface area (Å²) < 4.78 is 5.24. The molecule has 1 atom stereocenters. The van der Waals surface area contributed by atoms with E-state index >= 15 is 0 Å². The van der Waals surface area contributed by atoms with E-state index < -0.39 is 0 Å². The fourth-order valence-electron chi connectivity index (χ4n) is 1.63. The van der Waals surface area contributed by atoms with Gasteiger partial charge in [-0.15, -0.1) is 0 Å². The van der Waals surface area contributed by atoms with Crippen LogP contribution in [0.15, 0.2) is 0 Å². The van der Waals surface area contributed by atoms with Crippen molar-refractivity contribution >= 4 is 17.7 Å². The van der Waals surface area contributed by atoms with Crippen LogP contribution in [0.1, 0.15) is 53.9 Å². The van der Waals surface area contributed by atoms with Gasteiger partial charge in [-0.1, -0.05) is 13.3 Å². The second-order valence-corrected chi connectivity index (χ2v) is 6.70. The lowest BCUT2D eigenvalue weighted by molar-refractivity contribution is -0.151. The summed E-state index contributed by atoms with van der Waals surface area (Å²) in [5.74, 6) is 1.41. The molecule has 0 saturated carbocycles. The highest BCUT2D eigenvalue weighted by Gasteiger charge is 2.15. The van der Waals surface area contributed by atoms with Crippen molar-refractivity contribution in [3.8, 4) is 0 Å². The van der Waals surface area contributed by atoms with Gasteiger partial charge in [0, 0.05) is 6.04 Å². The molecule has 0 aromatic heterocycles. The highest BCUT2D eigenvalue weighted by molar-refractivity contribution is 7.99. The number of nitrogens with one attached hydrogen (secondary N) is 1. The molecule has 0 rings (SSSR count). The van der Waals surface area contributed by atoms with Gasteiger partial charge in [0.15, 0.2) is 0 Å². The van der Waals surface area contributed by atoms with Crippen LogP contribution < -0.4 is 5.32 Å². The van der Waals surface area contributed by atoms with Crippen molar-refractivity contribution in [2.45, 2.75) is 65.5 Å². The summed E-state index contributed by atoms with van der Waals surface area (Å²) in [6.07, 6.45) is 3.60. The maximum atomic E-state index is 11.4. The molecule has 0 heterocycles. The first-order valence-electron chi connectivity index (χ1n) is 6.88. The van der Waals surface area contributed by atoms with Gasteiger partial charge >= 0.3 is 5.97 Å². The summed E-state index contributed by atoms with van der Waals surface area (Å²) in [5, 5.41) is 3.40. The Morgan fingerprint density at radius 1 is 1.33 bits per heavy atom. The molecular weight excluding hydrogens is 246 g/mol. The van der Waals surface area contributed by atoms with E-state index in [1.54, 1.807) is 11.8 Å². The number of hydrogen-bond donors (Lipinski definition) is 1. The van der Waals surface area contributed by atoms with Gasteiger partial charge in [-0.25, -0.2) is 0 Å². The van der Waals surface area contributed by atoms with Crippen molar-refractivity contribution < 1.29 is 9.53 Å². The predicted octanol–water partition coefficient (Wildman–Crippen LogP) is 3.23. The minimum absolute atomic E-state index is 0.103. The van der Waals surface area contributed by atoms with Crippen LogP contribution in [0, 0.1) is 0 Å². The SMILES string of the molecule is CCNC(C)CCCCSCC(=O)OC(C)(C)C. The van der Waals surface area contributed by atoms with E-state index in [-0.39, 0.29) is 11.6 Å². The smallest absolute Gasteiger partial charge is 0.316 e. The summed E-state index contributed by atoms with van der Waals surface area (Å²) in [4.78, 5) is 11.4. The quantitative estimate of drug-likeness (QED) is 0.518. The zero-order valence-corrected chi connectivity index (χ0v) is 13.4. The van der Waals surface area contributed by atoms with Crippen LogP contribution in [0.2, 0.25) is 0 Å². The number of rotatable bonds is 9. The van der Waals surface area contributed by atoms with Gasteiger partial charge < -0.3 is 10.1 Å². The Labute approximate surface area is 116 Å². The van der Waals surface area contributed by atoms with Crippen molar-refractivity contribution in [2.24, 2.45) is 0 Å². The molecule has 4 heteroatoms. The molecule has 0 spiro atoms. The van der Waals surface area contributed by atoms with Crippen LogP contribution in [0.25, 0.3) is 0 Å². The standard InChI is InChI=1S/C14H29NO2S/c1-6-15-12(2)9-7-8-10-18-11-13(16)17-14(3,4)5/h12,15H,6-11H2,1-5H3. The van der Waals surface area contributed by atoms with Crippen LogP contribution >= 0.6 is 11.8 Å². The molecule has 0 aromatic rings. The third kappa shape index (κ3) is 12.2. The molecule has 1 N–H and O–H groups in total. The van der Waals surface area contributed by atoms with Crippen molar-refractivity contribution in [1.82, 2.24) is 5.32 Å². The minimum Gasteiger partial charge on any atom is -0.459 e. The van der Waals surface area contributed by atoms with Gasteiger partial charge in [0.2, 0.25) is 0 Å². The third-order valence-corrected chi connectivity index (χ3v) is 3.39. The Balaban J connectivity index is 3.38. The molecule has 0 bridgehead atoms. The molecule has 0 fully saturated rings. The third-order valence-electron chi connectivity index (χ3n) is 2.37. The average Bonchev–Trinajstić information content (AvgIpc) is 2.21. The Hall–Kier alpha value is -0.220. The maximum absolute atomic E-state index is 11.4. The molecule has 0 amide bonds. The maximum Gasteiger partial charge on any atom is 0.316 e. The first-order valence-corrected chi connectivity index (χ1v) is 8.03. The van der Waals surface area contributed by atoms with Gasteiger partial charge in [-0.05, 0) is 52.8 Å². The second kappa shape index (κ2) is 9.68.